The van der Waals surface area contributed by atoms with Gasteiger partial charge in [0.1, 0.15) is 12.2 Å². The Labute approximate surface area is 191 Å². The zero-order valence-corrected chi connectivity index (χ0v) is 19.0. The molecule has 1 aliphatic rings. The van der Waals surface area contributed by atoms with Crippen molar-refractivity contribution in [2.75, 3.05) is 6.61 Å². The van der Waals surface area contributed by atoms with Gasteiger partial charge in [-0.25, -0.2) is 0 Å². The third-order valence-corrected chi connectivity index (χ3v) is 5.10. The van der Waals surface area contributed by atoms with Gasteiger partial charge >= 0.3 is 0 Å². The molecule has 2 N–H and O–H groups in total. The smallest absolute Gasteiger partial charge is 0.263 e. The van der Waals surface area contributed by atoms with E-state index >= 15 is 0 Å². The minimum Gasteiger partial charge on any atom is -0.490 e. The Morgan fingerprint density at radius 3 is 2.52 bits per heavy atom. The van der Waals surface area contributed by atoms with Crippen molar-refractivity contribution in [3.63, 3.8) is 0 Å². The van der Waals surface area contributed by atoms with Gasteiger partial charge in [0, 0.05) is 5.02 Å². The van der Waals surface area contributed by atoms with Gasteiger partial charge in [0.25, 0.3) is 11.8 Å². The second-order valence-electron chi connectivity index (χ2n) is 5.98. The Bertz CT molecular complexity index is 1000. The van der Waals surface area contributed by atoms with E-state index in [1.807, 2.05) is 25.1 Å². The molecule has 1 aliphatic heterocycles. The number of halogens is 2. The summed E-state index contributed by atoms with van der Waals surface area (Å²) in [6.45, 7) is 2.61. The summed E-state index contributed by atoms with van der Waals surface area (Å²) in [4.78, 5) is 24.1. The van der Waals surface area contributed by atoms with Crippen LogP contribution in [0.15, 0.2) is 42.0 Å². The van der Waals surface area contributed by atoms with Crippen molar-refractivity contribution < 1.29 is 19.1 Å². The molecule has 1 fully saturated rings. The molecule has 2 aromatic carbocycles. The third-order valence-electron chi connectivity index (χ3n) is 3.86. The average molecular weight is 543 g/mol. The molecule has 2 amide bonds. The number of thiocarbonyl (C=S) groups is 1. The molecule has 150 valence electrons. The lowest BCUT2D eigenvalue weighted by molar-refractivity contribution is -0.123. The maximum atomic E-state index is 12.1. The Balaban J connectivity index is 1.90. The van der Waals surface area contributed by atoms with E-state index in [1.165, 1.54) is 6.08 Å². The standard InChI is InChI=1S/C20H16ClIN2O4S/c1-2-27-16-9-12(7-14-18(25)23-20(29)24-19(14)26)8-15(22)17(16)28-10-11-4-3-5-13(21)6-11/h3-9H,2,10H2,1H3,(H2,23,24,25,26,29). The summed E-state index contributed by atoms with van der Waals surface area (Å²) in [6.07, 6.45) is 1.48. The van der Waals surface area contributed by atoms with Crippen molar-refractivity contribution in [3.05, 3.63) is 61.7 Å². The lowest BCUT2D eigenvalue weighted by Gasteiger charge is -2.17. The van der Waals surface area contributed by atoms with Crippen LogP contribution in [0.4, 0.5) is 0 Å². The maximum absolute atomic E-state index is 12.1. The van der Waals surface area contributed by atoms with Crippen LogP contribution in [0, 0.1) is 3.57 Å². The minimum atomic E-state index is -0.548. The van der Waals surface area contributed by atoms with Crippen LogP contribution >= 0.6 is 46.4 Å². The van der Waals surface area contributed by atoms with E-state index in [0.717, 1.165) is 9.13 Å². The fourth-order valence-electron chi connectivity index (χ4n) is 2.63. The number of carbonyl (C=O) groups is 2. The predicted molar refractivity (Wildman–Crippen MR) is 123 cm³/mol. The Hall–Kier alpha value is -2.17. The van der Waals surface area contributed by atoms with E-state index in [9.17, 15) is 9.59 Å². The average Bonchev–Trinajstić information content (AvgIpc) is 2.64. The van der Waals surface area contributed by atoms with Crippen LogP contribution < -0.4 is 20.1 Å². The van der Waals surface area contributed by atoms with Gasteiger partial charge in [-0.1, -0.05) is 23.7 Å². The van der Waals surface area contributed by atoms with Crippen molar-refractivity contribution in [1.82, 2.24) is 10.6 Å². The van der Waals surface area contributed by atoms with Crippen molar-refractivity contribution in [2.45, 2.75) is 13.5 Å². The second kappa shape index (κ2) is 9.55. The summed E-state index contributed by atoms with van der Waals surface area (Å²) < 4.78 is 12.5. The Morgan fingerprint density at radius 2 is 1.86 bits per heavy atom. The molecule has 0 saturated carbocycles. The van der Waals surface area contributed by atoms with E-state index in [0.29, 0.717) is 35.3 Å². The summed E-state index contributed by atoms with van der Waals surface area (Å²) in [5, 5.41) is 5.45. The van der Waals surface area contributed by atoms with Crippen LogP contribution in [0.25, 0.3) is 6.08 Å². The maximum Gasteiger partial charge on any atom is 0.263 e. The van der Waals surface area contributed by atoms with Gasteiger partial charge in [-0.3, -0.25) is 20.2 Å². The van der Waals surface area contributed by atoms with Gasteiger partial charge in [-0.2, -0.15) is 0 Å². The summed E-state index contributed by atoms with van der Waals surface area (Å²) in [6, 6.07) is 10.9. The van der Waals surface area contributed by atoms with Gasteiger partial charge in [-0.05, 0) is 83.2 Å². The Kier molecular flexibility index (Phi) is 7.09. The monoisotopic (exact) mass is 542 g/mol. The molecule has 0 spiro atoms. The van der Waals surface area contributed by atoms with Crippen molar-refractivity contribution in [2.24, 2.45) is 0 Å². The van der Waals surface area contributed by atoms with Crippen molar-refractivity contribution in [1.29, 1.82) is 0 Å². The molecule has 0 bridgehead atoms. The molecule has 6 nitrogen and oxygen atoms in total. The number of rotatable bonds is 6. The molecule has 0 radical (unpaired) electrons. The first-order valence-corrected chi connectivity index (χ1v) is 10.5. The van der Waals surface area contributed by atoms with Gasteiger partial charge in [0.15, 0.2) is 16.6 Å². The lowest BCUT2D eigenvalue weighted by atomic mass is 10.1. The van der Waals surface area contributed by atoms with Crippen LogP contribution in [-0.2, 0) is 16.2 Å². The first kappa shape index (κ1) is 21.5. The van der Waals surface area contributed by atoms with Crippen molar-refractivity contribution in [3.8, 4) is 11.5 Å². The van der Waals surface area contributed by atoms with E-state index in [-0.39, 0.29) is 10.7 Å². The van der Waals surface area contributed by atoms with Crippen LogP contribution in [0.2, 0.25) is 5.02 Å². The molecule has 1 saturated heterocycles. The lowest BCUT2D eigenvalue weighted by Crippen LogP contribution is -2.51. The highest BCUT2D eigenvalue weighted by Gasteiger charge is 2.26. The minimum absolute atomic E-state index is 0.00787. The van der Waals surface area contributed by atoms with Crippen molar-refractivity contribution >= 4 is 69.4 Å². The molecule has 29 heavy (non-hydrogen) atoms. The SMILES string of the molecule is CCOc1cc(C=C2C(=O)NC(=S)NC2=O)cc(I)c1OCc1cccc(Cl)c1. The fourth-order valence-corrected chi connectivity index (χ4v) is 3.81. The van der Waals surface area contributed by atoms with E-state index < -0.39 is 11.8 Å². The molecular formula is C20H16ClIN2O4S. The highest BCUT2D eigenvalue weighted by atomic mass is 127. The molecule has 9 heteroatoms. The van der Waals surface area contributed by atoms with Gasteiger partial charge < -0.3 is 9.47 Å². The van der Waals surface area contributed by atoms with Crippen LogP contribution in [0.1, 0.15) is 18.1 Å². The molecule has 0 aliphatic carbocycles. The zero-order valence-electron chi connectivity index (χ0n) is 15.3. The van der Waals surface area contributed by atoms with Gasteiger partial charge in [0.2, 0.25) is 0 Å². The third kappa shape index (κ3) is 5.46. The first-order valence-electron chi connectivity index (χ1n) is 8.59. The number of carbonyl (C=O) groups excluding carboxylic acids is 2. The molecule has 1 heterocycles. The second-order valence-corrected chi connectivity index (χ2v) is 7.98. The Morgan fingerprint density at radius 1 is 1.14 bits per heavy atom. The van der Waals surface area contributed by atoms with Crippen LogP contribution in [-0.4, -0.2) is 23.5 Å². The number of benzene rings is 2. The number of hydrogen-bond acceptors (Lipinski definition) is 5. The van der Waals surface area contributed by atoms with E-state index in [2.05, 4.69) is 33.2 Å². The molecular weight excluding hydrogens is 527 g/mol. The summed E-state index contributed by atoms with van der Waals surface area (Å²) >= 11 is 13.0. The summed E-state index contributed by atoms with van der Waals surface area (Å²) in [7, 11) is 0. The zero-order chi connectivity index (χ0) is 21.0. The quantitative estimate of drug-likeness (QED) is 0.251. The van der Waals surface area contributed by atoms with Crippen LogP contribution in [0.3, 0.4) is 0 Å². The van der Waals surface area contributed by atoms with Crippen LogP contribution in [0.5, 0.6) is 11.5 Å². The number of amides is 2. The van der Waals surface area contributed by atoms with Gasteiger partial charge in [0.05, 0.1) is 10.2 Å². The molecule has 0 atom stereocenters. The molecule has 3 rings (SSSR count). The number of hydrogen-bond donors (Lipinski definition) is 2. The molecule has 2 aromatic rings. The molecule has 0 aromatic heterocycles. The highest BCUT2D eigenvalue weighted by molar-refractivity contribution is 14.1. The van der Waals surface area contributed by atoms with E-state index in [4.69, 9.17) is 33.3 Å². The largest absolute Gasteiger partial charge is 0.490 e. The number of nitrogens with one attached hydrogen (secondary N) is 2. The normalized spacial score (nSPS) is 13.6. The molecule has 0 unspecified atom stereocenters. The predicted octanol–water partition coefficient (Wildman–Crippen LogP) is 3.84. The topological polar surface area (TPSA) is 76.7 Å². The fraction of sp³-hybridized carbons (Fsp3) is 0.150. The summed E-state index contributed by atoms with van der Waals surface area (Å²) in [5.74, 6) is -0.00488. The first-order chi connectivity index (χ1) is 13.9. The highest BCUT2D eigenvalue weighted by Crippen LogP contribution is 2.35. The van der Waals surface area contributed by atoms with E-state index in [1.54, 1.807) is 18.2 Å². The summed E-state index contributed by atoms with van der Waals surface area (Å²) in [5.41, 5.74) is 1.51. The number of ether oxygens (including phenoxy) is 2. The van der Waals surface area contributed by atoms with Gasteiger partial charge in [-0.15, -0.1) is 0 Å².